The van der Waals surface area contributed by atoms with Crippen LogP contribution < -0.4 is 0 Å². The number of fused-ring (bicyclic) bond motifs is 1. The second-order valence-corrected chi connectivity index (χ2v) is 4.82. The highest BCUT2D eigenvalue weighted by atomic mass is 32.1. The van der Waals surface area contributed by atoms with Gasteiger partial charge in [0, 0.05) is 23.3 Å². The van der Waals surface area contributed by atoms with Crippen LogP contribution in [0.25, 0.3) is 22.3 Å². The number of thiazole rings is 1. The molecule has 0 aliphatic carbocycles. The van der Waals surface area contributed by atoms with E-state index in [2.05, 4.69) is 15.0 Å². The maximum Gasteiger partial charge on any atom is 0.427 e. The number of hydrogen-bond donors (Lipinski definition) is 1. The molecule has 0 saturated carbocycles. The van der Waals surface area contributed by atoms with Crippen molar-refractivity contribution in [2.24, 2.45) is 0 Å². The number of nitrogens with one attached hydrogen (secondary N) is 1. The zero-order chi connectivity index (χ0) is 14.3. The lowest BCUT2D eigenvalue weighted by atomic mass is 10.1. The molecule has 0 atom stereocenters. The van der Waals surface area contributed by atoms with E-state index in [4.69, 9.17) is 5.26 Å². The van der Waals surface area contributed by atoms with E-state index < -0.39 is 11.1 Å². The van der Waals surface area contributed by atoms with Gasteiger partial charge in [-0.3, -0.25) is 0 Å². The molecule has 0 amide bonds. The zero-order valence-corrected chi connectivity index (χ0v) is 10.5. The third-order valence-corrected chi connectivity index (χ3v) is 3.61. The zero-order valence-electron chi connectivity index (χ0n) is 9.69. The molecule has 0 radical (unpaired) electrons. The van der Waals surface area contributed by atoms with Crippen LogP contribution in [0, 0.1) is 11.3 Å². The van der Waals surface area contributed by atoms with Gasteiger partial charge in [-0.25, -0.2) is 9.97 Å². The Hall–Kier alpha value is -2.40. The number of hydrogen-bond acceptors (Lipinski definition) is 4. The first-order valence-electron chi connectivity index (χ1n) is 5.39. The van der Waals surface area contributed by atoms with Gasteiger partial charge in [0.25, 0.3) is 0 Å². The van der Waals surface area contributed by atoms with Gasteiger partial charge in [0.05, 0.1) is 16.8 Å². The average Bonchev–Trinajstić information content (AvgIpc) is 3.02. The van der Waals surface area contributed by atoms with E-state index in [-0.39, 0.29) is 16.8 Å². The summed E-state index contributed by atoms with van der Waals surface area (Å²) < 4.78 is 38.7. The highest BCUT2D eigenvalue weighted by Crippen LogP contribution is 2.41. The van der Waals surface area contributed by atoms with Crippen molar-refractivity contribution in [1.29, 1.82) is 5.26 Å². The molecule has 0 aliphatic heterocycles. The fourth-order valence-corrected chi connectivity index (χ4v) is 2.57. The van der Waals surface area contributed by atoms with Crippen molar-refractivity contribution < 1.29 is 13.2 Å². The van der Waals surface area contributed by atoms with Crippen LogP contribution in [0.15, 0.2) is 24.0 Å². The SMILES string of the molecule is N#Cc1cnc2[nH]cc(-c3ncsc3C(F)(F)F)c2c1. The van der Waals surface area contributed by atoms with Crippen LogP contribution in [0.1, 0.15) is 10.4 Å². The standard InChI is InChI=1S/C12H5F3N4S/c13-12(14,15)10-9(19-5-20-10)8-4-18-11-7(8)1-6(2-16)3-17-11/h1,3-5H,(H,17,18). The summed E-state index contributed by atoms with van der Waals surface area (Å²) in [6, 6.07) is 3.40. The summed E-state index contributed by atoms with van der Waals surface area (Å²) in [6.07, 6.45) is -1.68. The molecule has 3 heterocycles. The third kappa shape index (κ3) is 1.92. The second-order valence-electron chi connectivity index (χ2n) is 3.96. The molecule has 20 heavy (non-hydrogen) atoms. The van der Waals surface area contributed by atoms with Crippen LogP contribution in [-0.2, 0) is 6.18 Å². The third-order valence-electron chi connectivity index (χ3n) is 2.74. The minimum absolute atomic E-state index is 0.148. The highest BCUT2D eigenvalue weighted by molar-refractivity contribution is 7.10. The van der Waals surface area contributed by atoms with Crippen LogP contribution in [0.2, 0.25) is 0 Å². The molecule has 0 spiro atoms. The lowest BCUT2D eigenvalue weighted by Crippen LogP contribution is -2.03. The van der Waals surface area contributed by atoms with Crippen LogP contribution in [0.5, 0.6) is 0 Å². The Morgan fingerprint density at radius 1 is 1.30 bits per heavy atom. The van der Waals surface area contributed by atoms with Crippen molar-refractivity contribution in [3.63, 3.8) is 0 Å². The van der Waals surface area contributed by atoms with Gasteiger partial charge in [-0.2, -0.15) is 18.4 Å². The number of nitrogens with zero attached hydrogens (tertiary/aromatic N) is 3. The van der Waals surface area contributed by atoms with Crippen molar-refractivity contribution in [1.82, 2.24) is 15.0 Å². The van der Waals surface area contributed by atoms with Gasteiger partial charge in [0.2, 0.25) is 0 Å². The Morgan fingerprint density at radius 2 is 2.10 bits per heavy atom. The van der Waals surface area contributed by atoms with Gasteiger partial charge in [-0.05, 0) is 6.07 Å². The Balaban J connectivity index is 2.26. The molecule has 3 rings (SSSR count). The first-order chi connectivity index (χ1) is 9.50. The molecule has 8 heteroatoms. The molecule has 1 N–H and O–H groups in total. The number of H-pyrrole nitrogens is 1. The summed E-state index contributed by atoms with van der Waals surface area (Å²) in [4.78, 5) is 9.81. The maximum absolute atomic E-state index is 12.9. The maximum atomic E-state index is 12.9. The molecule has 0 fully saturated rings. The topological polar surface area (TPSA) is 65.4 Å². The van der Waals surface area contributed by atoms with E-state index >= 15 is 0 Å². The number of aromatic amines is 1. The van der Waals surface area contributed by atoms with Gasteiger partial charge in [0.15, 0.2) is 0 Å². The van der Waals surface area contributed by atoms with Crippen LogP contribution >= 0.6 is 11.3 Å². The largest absolute Gasteiger partial charge is 0.427 e. The summed E-state index contributed by atoms with van der Waals surface area (Å²) >= 11 is 0.538. The van der Waals surface area contributed by atoms with Crippen molar-refractivity contribution in [3.05, 3.63) is 34.4 Å². The van der Waals surface area contributed by atoms with Crippen molar-refractivity contribution >= 4 is 22.4 Å². The normalized spacial score (nSPS) is 11.7. The monoisotopic (exact) mass is 294 g/mol. The van der Waals surface area contributed by atoms with Gasteiger partial charge < -0.3 is 4.98 Å². The summed E-state index contributed by atoms with van der Waals surface area (Å²) in [6.45, 7) is 0. The molecular weight excluding hydrogens is 289 g/mol. The molecule has 100 valence electrons. The molecule has 3 aromatic heterocycles. The molecule has 0 saturated heterocycles. The number of alkyl halides is 3. The smallest absolute Gasteiger partial charge is 0.345 e. The summed E-state index contributed by atoms with van der Waals surface area (Å²) in [7, 11) is 0. The summed E-state index contributed by atoms with van der Waals surface area (Å²) in [5.41, 5.74) is 1.99. The molecule has 0 aliphatic rings. The molecular formula is C12H5F3N4S. The van der Waals surface area contributed by atoms with Crippen molar-refractivity contribution in [2.45, 2.75) is 6.18 Å². The van der Waals surface area contributed by atoms with Crippen LogP contribution in [0.4, 0.5) is 13.2 Å². The van der Waals surface area contributed by atoms with Gasteiger partial charge in [-0.1, -0.05) is 0 Å². The van der Waals surface area contributed by atoms with Gasteiger partial charge in [-0.15, -0.1) is 11.3 Å². The Morgan fingerprint density at radius 3 is 2.80 bits per heavy atom. The number of aromatic nitrogens is 3. The Kier molecular flexibility index (Phi) is 2.72. The Bertz CT molecular complexity index is 825. The lowest BCUT2D eigenvalue weighted by Gasteiger charge is -2.05. The predicted octanol–water partition coefficient (Wildman–Crippen LogP) is 3.58. The average molecular weight is 294 g/mol. The fourth-order valence-electron chi connectivity index (χ4n) is 1.90. The predicted molar refractivity (Wildman–Crippen MR) is 66.9 cm³/mol. The lowest BCUT2D eigenvalue weighted by molar-refractivity contribution is -0.134. The second kappa shape index (κ2) is 4.31. The summed E-state index contributed by atoms with van der Waals surface area (Å²) in [5.74, 6) is 0. The molecule has 3 aromatic rings. The number of nitriles is 1. The van der Waals surface area contributed by atoms with Crippen molar-refractivity contribution in [2.75, 3.05) is 0 Å². The molecule has 0 bridgehead atoms. The molecule has 0 unspecified atom stereocenters. The van der Waals surface area contributed by atoms with E-state index in [1.54, 1.807) is 0 Å². The van der Waals surface area contributed by atoms with Crippen LogP contribution in [-0.4, -0.2) is 15.0 Å². The number of halogens is 3. The van der Waals surface area contributed by atoms with Gasteiger partial charge in [0.1, 0.15) is 16.6 Å². The number of pyridine rings is 1. The molecule has 4 nitrogen and oxygen atoms in total. The van der Waals surface area contributed by atoms with E-state index in [1.807, 2.05) is 6.07 Å². The quantitative estimate of drug-likeness (QED) is 0.746. The highest BCUT2D eigenvalue weighted by Gasteiger charge is 2.36. The summed E-state index contributed by atoms with van der Waals surface area (Å²) in [5, 5.41) is 9.29. The van der Waals surface area contributed by atoms with Gasteiger partial charge >= 0.3 is 6.18 Å². The van der Waals surface area contributed by atoms with E-state index in [0.29, 0.717) is 22.4 Å². The van der Waals surface area contributed by atoms with E-state index in [0.717, 1.165) is 5.51 Å². The fraction of sp³-hybridized carbons (Fsp3) is 0.0833. The van der Waals surface area contributed by atoms with Crippen molar-refractivity contribution in [3.8, 4) is 17.3 Å². The van der Waals surface area contributed by atoms with E-state index in [1.165, 1.54) is 18.5 Å². The first-order valence-corrected chi connectivity index (χ1v) is 6.27. The molecule has 0 aromatic carbocycles. The minimum atomic E-state index is -4.46. The number of rotatable bonds is 1. The first kappa shape index (κ1) is 12.6. The Labute approximate surface area is 114 Å². The van der Waals surface area contributed by atoms with Crippen LogP contribution in [0.3, 0.4) is 0 Å². The van der Waals surface area contributed by atoms with E-state index in [9.17, 15) is 13.2 Å². The minimum Gasteiger partial charge on any atom is -0.345 e.